The van der Waals surface area contributed by atoms with Crippen molar-refractivity contribution in [1.29, 1.82) is 0 Å². The van der Waals surface area contributed by atoms with E-state index in [4.69, 9.17) is 11.6 Å². The van der Waals surface area contributed by atoms with Crippen LogP contribution in [0.4, 0.5) is 0 Å². The highest BCUT2D eigenvalue weighted by Crippen LogP contribution is 2.29. The van der Waals surface area contributed by atoms with Gasteiger partial charge in [0.15, 0.2) is 0 Å². The number of piperazine rings is 1. The molecule has 1 aliphatic heterocycles. The van der Waals surface area contributed by atoms with Gasteiger partial charge in [-0.15, -0.1) is 12.4 Å². The van der Waals surface area contributed by atoms with Gasteiger partial charge in [0.25, 0.3) is 0 Å². The lowest BCUT2D eigenvalue weighted by Gasteiger charge is -2.36. The SMILES string of the molecule is CC1CN(S(=O)(=O)c2ccc(Br)cc2Cl)C(C)CN1.Cl. The number of sulfonamides is 1. The predicted octanol–water partition coefficient (Wildman–Crippen LogP) is 2.90. The smallest absolute Gasteiger partial charge is 0.244 e. The molecule has 114 valence electrons. The Bertz CT molecular complexity index is 583. The highest BCUT2D eigenvalue weighted by molar-refractivity contribution is 9.10. The lowest BCUT2D eigenvalue weighted by Crippen LogP contribution is -2.56. The molecule has 2 unspecified atom stereocenters. The molecular formula is C12H17BrCl2N2O2S. The van der Waals surface area contributed by atoms with Gasteiger partial charge in [0.2, 0.25) is 10.0 Å². The van der Waals surface area contributed by atoms with Crippen LogP contribution in [0.25, 0.3) is 0 Å². The number of nitrogens with one attached hydrogen (secondary N) is 1. The lowest BCUT2D eigenvalue weighted by atomic mass is 10.2. The summed E-state index contributed by atoms with van der Waals surface area (Å²) in [5.74, 6) is 0. The van der Waals surface area contributed by atoms with Gasteiger partial charge >= 0.3 is 0 Å². The number of hydrogen-bond acceptors (Lipinski definition) is 3. The number of hydrogen-bond donors (Lipinski definition) is 1. The van der Waals surface area contributed by atoms with E-state index < -0.39 is 10.0 Å². The van der Waals surface area contributed by atoms with Crippen molar-refractivity contribution >= 4 is 50.0 Å². The van der Waals surface area contributed by atoms with Gasteiger partial charge in [0, 0.05) is 29.6 Å². The molecule has 4 nitrogen and oxygen atoms in total. The monoisotopic (exact) mass is 402 g/mol. The molecular weight excluding hydrogens is 387 g/mol. The van der Waals surface area contributed by atoms with Gasteiger partial charge in [-0.3, -0.25) is 0 Å². The topological polar surface area (TPSA) is 49.4 Å². The second-order valence-electron chi connectivity index (χ2n) is 4.81. The fourth-order valence-corrected chi connectivity index (χ4v) is 4.87. The minimum Gasteiger partial charge on any atom is -0.311 e. The first-order valence-corrected chi connectivity index (χ1v) is 8.63. The van der Waals surface area contributed by atoms with Crippen molar-refractivity contribution in [1.82, 2.24) is 9.62 Å². The number of benzene rings is 1. The molecule has 1 aliphatic rings. The van der Waals surface area contributed by atoms with Crippen LogP contribution in [0.5, 0.6) is 0 Å². The first kappa shape index (κ1) is 18.2. The van der Waals surface area contributed by atoms with Crippen LogP contribution in [-0.2, 0) is 10.0 Å². The zero-order valence-electron chi connectivity index (χ0n) is 11.1. The Labute approximate surface area is 139 Å². The van der Waals surface area contributed by atoms with Crippen LogP contribution in [0.3, 0.4) is 0 Å². The van der Waals surface area contributed by atoms with Crippen LogP contribution in [-0.4, -0.2) is 37.9 Å². The molecule has 0 bridgehead atoms. The molecule has 1 aromatic rings. The third-order valence-corrected chi connectivity index (χ3v) is 6.14. The van der Waals surface area contributed by atoms with Gasteiger partial charge in [-0.25, -0.2) is 8.42 Å². The summed E-state index contributed by atoms with van der Waals surface area (Å²) in [4.78, 5) is 0.165. The molecule has 0 aliphatic carbocycles. The van der Waals surface area contributed by atoms with E-state index in [1.807, 2.05) is 13.8 Å². The average Bonchev–Trinajstić information content (AvgIpc) is 2.31. The van der Waals surface area contributed by atoms with Gasteiger partial charge in [0.05, 0.1) is 5.02 Å². The highest BCUT2D eigenvalue weighted by atomic mass is 79.9. The molecule has 1 N–H and O–H groups in total. The van der Waals surface area contributed by atoms with Crippen LogP contribution < -0.4 is 5.32 Å². The minimum atomic E-state index is -3.55. The molecule has 1 aromatic carbocycles. The normalized spacial score (nSPS) is 24.2. The van der Waals surface area contributed by atoms with E-state index in [-0.39, 0.29) is 34.4 Å². The molecule has 20 heavy (non-hydrogen) atoms. The van der Waals surface area contributed by atoms with Crippen molar-refractivity contribution in [2.45, 2.75) is 30.8 Å². The van der Waals surface area contributed by atoms with Crippen LogP contribution in [0.15, 0.2) is 27.6 Å². The fraction of sp³-hybridized carbons (Fsp3) is 0.500. The van der Waals surface area contributed by atoms with Crippen molar-refractivity contribution in [3.63, 3.8) is 0 Å². The number of rotatable bonds is 2. The van der Waals surface area contributed by atoms with Crippen molar-refractivity contribution < 1.29 is 8.42 Å². The van der Waals surface area contributed by atoms with E-state index in [0.29, 0.717) is 13.1 Å². The van der Waals surface area contributed by atoms with E-state index in [0.717, 1.165) is 4.47 Å². The van der Waals surface area contributed by atoms with Crippen molar-refractivity contribution in [2.75, 3.05) is 13.1 Å². The van der Waals surface area contributed by atoms with E-state index >= 15 is 0 Å². The standard InChI is InChI=1S/C12H16BrClN2O2S.ClH/c1-8-7-16(9(2)6-15-8)19(17,18)12-4-3-10(13)5-11(12)14;/h3-5,8-9,15H,6-7H2,1-2H3;1H. The molecule has 0 radical (unpaired) electrons. The summed E-state index contributed by atoms with van der Waals surface area (Å²) in [6.45, 7) is 4.96. The zero-order chi connectivity index (χ0) is 14.2. The molecule has 1 heterocycles. The molecule has 2 atom stereocenters. The van der Waals surface area contributed by atoms with Crippen molar-refractivity contribution in [2.24, 2.45) is 0 Å². The van der Waals surface area contributed by atoms with Crippen LogP contribution in [0, 0.1) is 0 Å². The van der Waals surface area contributed by atoms with Gasteiger partial charge in [-0.05, 0) is 32.0 Å². The summed E-state index contributed by atoms with van der Waals surface area (Å²) in [6, 6.07) is 4.89. The summed E-state index contributed by atoms with van der Waals surface area (Å²) in [5, 5.41) is 3.51. The van der Waals surface area contributed by atoms with Gasteiger partial charge in [-0.2, -0.15) is 4.31 Å². The molecule has 2 rings (SSSR count). The Balaban J connectivity index is 0.00000200. The molecule has 0 spiro atoms. The Morgan fingerprint density at radius 2 is 2.05 bits per heavy atom. The molecule has 0 amide bonds. The summed E-state index contributed by atoms with van der Waals surface area (Å²) in [7, 11) is -3.55. The maximum absolute atomic E-state index is 12.7. The average molecular weight is 404 g/mol. The zero-order valence-corrected chi connectivity index (χ0v) is 15.1. The van der Waals surface area contributed by atoms with Crippen LogP contribution >= 0.6 is 39.9 Å². The van der Waals surface area contributed by atoms with E-state index in [1.54, 1.807) is 18.2 Å². The van der Waals surface area contributed by atoms with Gasteiger partial charge < -0.3 is 5.32 Å². The summed E-state index contributed by atoms with van der Waals surface area (Å²) >= 11 is 9.34. The molecule has 1 saturated heterocycles. The van der Waals surface area contributed by atoms with Gasteiger partial charge in [0.1, 0.15) is 4.90 Å². The summed E-state index contributed by atoms with van der Waals surface area (Å²) in [6.07, 6.45) is 0. The lowest BCUT2D eigenvalue weighted by molar-refractivity contribution is 0.244. The molecule has 8 heteroatoms. The van der Waals surface area contributed by atoms with E-state index in [1.165, 1.54) is 4.31 Å². The Morgan fingerprint density at radius 3 is 2.65 bits per heavy atom. The van der Waals surface area contributed by atoms with Gasteiger partial charge in [-0.1, -0.05) is 27.5 Å². The van der Waals surface area contributed by atoms with E-state index in [2.05, 4.69) is 21.2 Å². The second kappa shape index (κ2) is 6.94. The Hall–Kier alpha value is 0.150. The molecule has 0 aromatic heterocycles. The molecule has 0 saturated carbocycles. The second-order valence-corrected chi connectivity index (χ2v) is 7.99. The maximum atomic E-state index is 12.7. The Kier molecular flexibility index (Phi) is 6.32. The fourth-order valence-electron chi connectivity index (χ4n) is 2.13. The van der Waals surface area contributed by atoms with E-state index in [9.17, 15) is 8.42 Å². The van der Waals surface area contributed by atoms with Crippen molar-refractivity contribution in [3.8, 4) is 0 Å². The van der Waals surface area contributed by atoms with Crippen LogP contribution in [0.1, 0.15) is 13.8 Å². The third-order valence-electron chi connectivity index (χ3n) is 3.19. The first-order valence-electron chi connectivity index (χ1n) is 6.02. The number of nitrogens with zero attached hydrogens (tertiary/aromatic N) is 1. The maximum Gasteiger partial charge on any atom is 0.244 e. The quantitative estimate of drug-likeness (QED) is 0.825. The minimum absolute atomic E-state index is 0. The third kappa shape index (κ3) is 3.67. The largest absolute Gasteiger partial charge is 0.311 e. The highest BCUT2D eigenvalue weighted by Gasteiger charge is 2.34. The summed E-state index contributed by atoms with van der Waals surface area (Å²) < 4.78 is 27.6. The Morgan fingerprint density at radius 1 is 1.40 bits per heavy atom. The molecule has 1 fully saturated rings. The number of halogens is 3. The first-order chi connectivity index (χ1) is 8.82. The summed E-state index contributed by atoms with van der Waals surface area (Å²) in [5.41, 5.74) is 0. The predicted molar refractivity (Wildman–Crippen MR) is 87.2 cm³/mol. The van der Waals surface area contributed by atoms with Crippen molar-refractivity contribution in [3.05, 3.63) is 27.7 Å². The van der Waals surface area contributed by atoms with Crippen LogP contribution in [0.2, 0.25) is 5.02 Å².